The van der Waals surface area contributed by atoms with E-state index in [-0.39, 0.29) is 0 Å². The molecule has 0 spiro atoms. The number of halogens is 2. The lowest BCUT2D eigenvalue weighted by Crippen LogP contribution is -2.47. The molecule has 0 radical (unpaired) electrons. The summed E-state index contributed by atoms with van der Waals surface area (Å²) in [4.78, 5) is 5.07. The Bertz CT molecular complexity index is 676. The molecule has 1 aliphatic heterocycles. The standard InChI is InChI=1S/C20H22Cl2N2/c21-17-3-1-15(2-4-17)20-13-16(20)14-23-9-11-24(12-10-23)19-7-5-18(22)6-8-19/h1-8,16,20H,9-14H2/t16-,20-/m1/s1. The van der Waals surface area contributed by atoms with E-state index in [0.29, 0.717) is 0 Å². The van der Waals surface area contributed by atoms with E-state index in [2.05, 4.69) is 34.1 Å². The SMILES string of the molecule is Clc1ccc([C@H]2C[C@@H]2CN2CCN(c3ccc(Cl)cc3)CC2)cc1. The molecule has 2 aliphatic rings. The summed E-state index contributed by atoms with van der Waals surface area (Å²) in [7, 11) is 0. The van der Waals surface area contributed by atoms with E-state index in [0.717, 1.165) is 48.1 Å². The molecular formula is C20H22Cl2N2. The van der Waals surface area contributed by atoms with Gasteiger partial charge < -0.3 is 4.90 Å². The van der Waals surface area contributed by atoms with Gasteiger partial charge in [-0.05, 0) is 60.2 Å². The number of hydrogen-bond acceptors (Lipinski definition) is 2. The van der Waals surface area contributed by atoms with Gasteiger partial charge in [0.25, 0.3) is 0 Å². The first-order chi connectivity index (χ1) is 11.7. The summed E-state index contributed by atoms with van der Waals surface area (Å²) in [6.07, 6.45) is 1.32. The summed E-state index contributed by atoms with van der Waals surface area (Å²) in [6, 6.07) is 16.6. The van der Waals surface area contributed by atoms with E-state index < -0.39 is 0 Å². The van der Waals surface area contributed by atoms with Crippen molar-refractivity contribution in [3.05, 3.63) is 64.1 Å². The van der Waals surface area contributed by atoms with Crippen LogP contribution < -0.4 is 4.90 Å². The molecule has 1 aliphatic carbocycles. The van der Waals surface area contributed by atoms with Crippen molar-refractivity contribution >= 4 is 28.9 Å². The third-order valence-electron chi connectivity index (χ3n) is 5.28. The summed E-state index contributed by atoms with van der Waals surface area (Å²) < 4.78 is 0. The Kier molecular flexibility index (Phi) is 4.71. The number of rotatable bonds is 4. The molecule has 0 N–H and O–H groups in total. The fraction of sp³-hybridized carbons (Fsp3) is 0.400. The number of piperazine rings is 1. The zero-order chi connectivity index (χ0) is 16.5. The molecule has 1 saturated carbocycles. The Balaban J connectivity index is 1.27. The van der Waals surface area contributed by atoms with Crippen LogP contribution in [-0.4, -0.2) is 37.6 Å². The van der Waals surface area contributed by atoms with Gasteiger partial charge in [0.2, 0.25) is 0 Å². The number of nitrogens with zero attached hydrogens (tertiary/aromatic N) is 2. The average molecular weight is 361 g/mol. The van der Waals surface area contributed by atoms with Gasteiger partial charge in [0.1, 0.15) is 0 Å². The van der Waals surface area contributed by atoms with Crippen molar-refractivity contribution in [2.24, 2.45) is 5.92 Å². The fourth-order valence-corrected chi connectivity index (χ4v) is 3.99. The predicted molar refractivity (Wildman–Crippen MR) is 102 cm³/mol. The van der Waals surface area contributed by atoms with Gasteiger partial charge in [-0.1, -0.05) is 35.3 Å². The van der Waals surface area contributed by atoms with E-state index >= 15 is 0 Å². The van der Waals surface area contributed by atoms with Crippen LogP contribution in [0.1, 0.15) is 17.9 Å². The molecule has 24 heavy (non-hydrogen) atoms. The first kappa shape index (κ1) is 16.3. The van der Waals surface area contributed by atoms with Crippen molar-refractivity contribution in [2.75, 3.05) is 37.6 Å². The molecule has 0 aromatic heterocycles. The van der Waals surface area contributed by atoms with Crippen molar-refractivity contribution in [3.8, 4) is 0 Å². The highest BCUT2D eigenvalue weighted by Crippen LogP contribution is 2.48. The van der Waals surface area contributed by atoms with Crippen molar-refractivity contribution in [2.45, 2.75) is 12.3 Å². The number of benzene rings is 2. The van der Waals surface area contributed by atoms with E-state index in [1.807, 2.05) is 24.3 Å². The van der Waals surface area contributed by atoms with Gasteiger partial charge >= 0.3 is 0 Å². The summed E-state index contributed by atoms with van der Waals surface area (Å²) >= 11 is 12.0. The van der Waals surface area contributed by atoms with Gasteiger partial charge in [0, 0.05) is 48.5 Å². The molecule has 2 fully saturated rings. The maximum atomic E-state index is 5.98. The summed E-state index contributed by atoms with van der Waals surface area (Å²) in [5, 5.41) is 1.63. The molecule has 2 aromatic carbocycles. The molecule has 1 heterocycles. The minimum atomic E-state index is 0.733. The topological polar surface area (TPSA) is 6.48 Å². The zero-order valence-corrected chi connectivity index (χ0v) is 15.2. The highest BCUT2D eigenvalue weighted by Gasteiger charge is 2.39. The molecule has 126 valence electrons. The highest BCUT2D eigenvalue weighted by atomic mass is 35.5. The van der Waals surface area contributed by atoms with Gasteiger partial charge in [0.15, 0.2) is 0 Å². The molecule has 4 heteroatoms. The molecule has 2 atom stereocenters. The first-order valence-electron chi connectivity index (χ1n) is 8.67. The smallest absolute Gasteiger partial charge is 0.0407 e. The molecule has 2 aromatic rings. The minimum absolute atomic E-state index is 0.733. The molecule has 1 saturated heterocycles. The lowest BCUT2D eigenvalue weighted by atomic mass is 10.1. The van der Waals surface area contributed by atoms with Crippen LogP contribution in [0, 0.1) is 5.92 Å². The molecule has 0 bridgehead atoms. The second-order valence-electron chi connectivity index (χ2n) is 6.92. The zero-order valence-electron chi connectivity index (χ0n) is 13.7. The Morgan fingerprint density at radius 3 is 2.00 bits per heavy atom. The third kappa shape index (κ3) is 3.72. The largest absolute Gasteiger partial charge is 0.369 e. The van der Waals surface area contributed by atoms with Gasteiger partial charge in [-0.25, -0.2) is 0 Å². The van der Waals surface area contributed by atoms with E-state index in [4.69, 9.17) is 23.2 Å². The molecular weight excluding hydrogens is 339 g/mol. The van der Waals surface area contributed by atoms with Crippen LogP contribution in [-0.2, 0) is 0 Å². The van der Waals surface area contributed by atoms with Gasteiger partial charge in [-0.3, -0.25) is 4.90 Å². The monoisotopic (exact) mass is 360 g/mol. The second-order valence-corrected chi connectivity index (χ2v) is 7.79. The summed E-state index contributed by atoms with van der Waals surface area (Å²) in [6.45, 7) is 5.71. The van der Waals surface area contributed by atoms with Crippen LogP contribution in [0.3, 0.4) is 0 Å². The van der Waals surface area contributed by atoms with Crippen LogP contribution in [0.4, 0.5) is 5.69 Å². The predicted octanol–water partition coefficient (Wildman–Crippen LogP) is 4.92. The van der Waals surface area contributed by atoms with Crippen LogP contribution in [0.25, 0.3) is 0 Å². The van der Waals surface area contributed by atoms with E-state index in [9.17, 15) is 0 Å². The van der Waals surface area contributed by atoms with Crippen LogP contribution in [0.15, 0.2) is 48.5 Å². The second kappa shape index (κ2) is 6.95. The van der Waals surface area contributed by atoms with Crippen molar-refractivity contribution in [1.29, 1.82) is 0 Å². The average Bonchev–Trinajstić information content (AvgIpc) is 3.36. The lowest BCUT2D eigenvalue weighted by Gasteiger charge is -2.36. The van der Waals surface area contributed by atoms with E-state index in [1.165, 1.54) is 24.2 Å². The Hall–Kier alpha value is -1.22. The maximum Gasteiger partial charge on any atom is 0.0407 e. The molecule has 0 amide bonds. The third-order valence-corrected chi connectivity index (χ3v) is 5.78. The minimum Gasteiger partial charge on any atom is -0.369 e. The molecule has 2 nitrogen and oxygen atoms in total. The Labute approximate surface area is 154 Å². The van der Waals surface area contributed by atoms with Gasteiger partial charge in [-0.15, -0.1) is 0 Å². The van der Waals surface area contributed by atoms with Gasteiger partial charge in [0.05, 0.1) is 0 Å². The van der Waals surface area contributed by atoms with Crippen LogP contribution in [0.2, 0.25) is 10.0 Å². The maximum absolute atomic E-state index is 5.98. The molecule has 4 rings (SSSR count). The Morgan fingerprint density at radius 2 is 1.38 bits per heavy atom. The summed E-state index contributed by atoms with van der Waals surface area (Å²) in [5.41, 5.74) is 2.73. The Morgan fingerprint density at radius 1 is 0.792 bits per heavy atom. The number of anilines is 1. The van der Waals surface area contributed by atoms with Crippen molar-refractivity contribution in [3.63, 3.8) is 0 Å². The quantitative estimate of drug-likeness (QED) is 0.763. The first-order valence-corrected chi connectivity index (χ1v) is 9.43. The number of hydrogen-bond donors (Lipinski definition) is 0. The van der Waals surface area contributed by atoms with Crippen molar-refractivity contribution < 1.29 is 0 Å². The fourth-order valence-electron chi connectivity index (χ4n) is 3.74. The van der Waals surface area contributed by atoms with Gasteiger partial charge in [-0.2, -0.15) is 0 Å². The van der Waals surface area contributed by atoms with Crippen LogP contribution >= 0.6 is 23.2 Å². The normalized spacial score (nSPS) is 24.2. The lowest BCUT2D eigenvalue weighted by molar-refractivity contribution is 0.246. The highest BCUT2D eigenvalue weighted by molar-refractivity contribution is 6.30. The van der Waals surface area contributed by atoms with E-state index in [1.54, 1.807) is 0 Å². The summed E-state index contributed by atoms with van der Waals surface area (Å²) in [5.74, 6) is 1.55. The van der Waals surface area contributed by atoms with Crippen LogP contribution in [0.5, 0.6) is 0 Å². The van der Waals surface area contributed by atoms with Crippen molar-refractivity contribution in [1.82, 2.24) is 4.90 Å². The molecule has 0 unspecified atom stereocenters.